The zero-order valence-corrected chi connectivity index (χ0v) is 10.9. The molecule has 90 valence electrons. The van der Waals surface area contributed by atoms with Gasteiger partial charge >= 0.3 is 0 Å². The lowest BCUT2D eigenvalue weighted by Gasteiger charge is -2.43. The van der Waals surface area contributed by atoms with E-state index in [1.54, 1.807) is 0 Å². The monoisotopic (exact) mass is 212 g/mol. The van der Waals surface area contributed by atoms with Gasteiger partial charge in [-0.2, -0.15) is 0 Å². The van der Waals surface area contributed by atoms with Gasteiger partial charge in [-0.1, -0.05) is 20.3 Å². The molecular weight excluding hydrogens is 184 g/mol. The summed E-state index contributed by atoms with van der Waals surface area (Å²) in [4.78, 5) is 2.62. The molecule has 0 radical (unpaired) electrons. The first kappa shape index (κ1) is 13.0. The molecule has 0 aromatic rings. The molecule has 0 saturated carbocycles. The second kappa shape index (κ2) is 5.31. The molecule has 15 heavy (non-hydrogen) atoms. The van der Waals surface area contributed by atoms with E-state index in [-0.39, 0.29) is 5.54 Å². The molecule has 0 spiro atoms. The van der Waals surface area contributed by atoms with Gasteiger partial charge in [0.2, 0.25) is 0 Å². The van der Waals surface area contributed by atoms with Crippen LogP contribution in [0.3, 0.4) is 0 Å². The highest BCUT2D eigenvalue weighted by Crippen LogP contribution is 2.27. The molecule has 2 nitrogen and oxygen atoms in total. The summed E-state index contributed by atoms with van der Waals surface area (Å²) < 4.78 is 0. The van der Waals surface area contributed by atoms with Gasteiger partial charge in [0, 0.05) is 18.1 Å². The number of nitrogens with two attached hydrogens (primary N) is 1. The second-order valence-electron chi connectivity index (χ2n) is 5.93. The largest absolute Gasteiger partial charge is 0.324 e. The van der Waals surface area contributed by atoms with E-state index in [1.807, 2.05) is 0 Å². The third-order valence-electron chi connectivity index (χ3n) is 3.43. The summed E-state index contributed by atoms with van der Waals surface area (Å²) in [6.45, 7) is 11.2. The lowest BCUT2D eigenvalue weighted by Crippen LogP contribution is -2.53. The average Bonchev–Trinajstić information content (AvgIpc) is 2.08. The van der Waals surface area contributed by atoms with Crippen molar-refractivity contribution in [2.75, 3.05) is 13.1 Å². The van der Waals surface area contributed by atoms with Crippen LogP contribution in [0.25, 0.3) is 0 Å². The molecule has 1 fully saturated rings. The normalized spacial score (nSPS) is 29.4. The van der Waals surface area contributed by atoms with Crippen LogP contribution < -0.4 is 5.73 Å². The van der Waals surface area contributed by atoms with E-state index >= 15 is 0 Å². The summed E-state index contributed by atoms with van der Waals surface area (Å²) >= 11 is 0. The summed E-state index contributed by atoms with van der Waals surface area (Å²) in [5, 5.41) is 0. The highest BCUT2D eigenvalue weighted by atomic mass is 15.2. The molecule has 1 heterocycles. The highest BCUT2D eigenvalue weighted by Gasteiger charge is 2.30. The predicted octanol–water partition coefficient (Wildman–Crippen LogP) is 2.62. The van der Waals surface area contributed by atoms with Crippen LogP contribution in [0.15, 0.2) is 0 Å². The fourth-order valence-corrected chi connectivity index (χ4v) is 2.82. The Kier molecular flexibility index (Phi) is 4.60. The van der Waals surface area contributed by atoms with Crippen molar-refractivity contribution in [2.45, 2.75) is 65.0 Å². The first-order chi connectivity index (χ1) is 6.94. The summed E-state index contributed by atoms with van der Waals surface area (Å²) in [6.07, 6.45) is 5.36. The van der Waals surface area contributed by atoms with E-state index < -0.39 is 0 Å². The summed E-state index contributed by atoms with van der Waals surface area (Å²) in [5.74, 6) is 0.848. The Morgan fingerprint density at radius 1 is 1.40 bits per heavy atom. The average molecular weight is 212 g/mol. The zero-order valence-electron chi connectivity index (χ0n) is 10.9. The molecule has 2 unspecified atom stereocenters. The molecular formula is C13H28N2. The van der Waals surface area contributed by atoms with Crippen molar-refractivity contribution in [3.05, 3.63) is 0 Å². The van der Waals surface area contributed by atoms with Gasteiger partial charge in [-0.15, -0.1) is 0 Å². The predicted molar refractivity (Wildman–Crippen MR) is 66.9 cm³/mol. The number of rotatable bonds is 4. The van der Waals surface area contributed by atoms with Crippen molar-refractivity contribution < 1.29 is 0 Å². The number of hydrogen-bond acceptors (Lipinski definition) is 2. The lowest BCUT2D eigenvalue weighted by molar-refractivity contribution is 0.0758. The summed E-state index contributed by atoms with van der Waals surface area (Å²) in [6, 6.07) is 0.770. The lowest BCUT2D eigenvalue weighted by atomic mass is 9.87. The highest BCUT2D eigenvalue weighted by molar-refractivity contribution is 4.87. The van der Waals surface area contributed by atoms with Gasteiger partial charge in [0.05, 0.1) is 0 Å². The van der Waals surface area contributed by atoms with Crippen molar-refractivity contribution in [1.82, 2.24) is 4.90 Å². The van der Waals surface area contributed by atoms with Crippen LogP contribution in [0.1, 0.15) is 53.4 Å². The quantitative estimate of drug-likeness (QED) is 0.776. The minimum Gasteiger partial charge on any atom is -0.324 e. The Balaban J connectivity index is 2.58. The Morgan fingerprint density at radius 3 is 2.60 bits per heavy atom. The van der Waals surface area contributed by atoms with E-state index in [2.05, 4.69) is 32.6 Å². The Morgan fingerprint density at radius 2 is 2.07 bits per heavy atom. The molecule has 2 N–H and O–H groups in total. The van der Waals surface area contributed by atoms with Crippen molar-refractivity contribution in [2.24, 2.45) is 11.7 Å². The fraction of sp³-hybridized carbons (Fsp3) is 1.00. The molecule has 0 aromatic carbocycles. The van der Waals surface area contributed by atoms with Gasteiger partial charge in [0.15, 0.2) is 0 Å². The van der Waals surface area contributed by atoms with E-state index in [9.17, 15) is 0 Å². The van der Waals surface area contributed by atoms with Crippen molar-refractivity contribution in [3.63, 3.8) is 0 Å². The Bertz CT molecular complexity index is 183. The minimum absolute atomic E-state index is 0.0525. The maximum atomic E-state index is 6.13. The molecule has 1 aliphatic heterocycles. The second-order valence-corrected chi connectivity index (χ2v) is 5.93. The molecule has 1 rings (SSSR count). The van der Waals surface area contributed by atoms with Gasteiger partial charge in [0.1, 0.15) is 0 Å². The van der Waals surface area contributed by atoms with Gasteiger partial charge in [-0.3, -0.25) is 4.90 Å². The standard InChI is InChI=1S/C13H28N2/c1-5-7-12-11(2)8-6-9-15(12)10-13(3,4)14/h11-12H,5-10,14H2,1-4H3. The molecule has 0 aliphatic carbocycles. The third kappa shape index (κ3) is 4.12. The van der Waals surface area contributed by atoms with Gasteiger partial charge in [-0.05, 0) is 45.6 Å². The van der Waals surface area contributed by atoms with E-state index in [0.717, 1.165) is 18.5 Å². The van der Waals surface area contributed by atoms with E-state index in [4.69, 9.17) is 5.73 Å². The zero-order chi connectivity index (χ0) is 11.5. The Hall–Kier alpha value is -0.0800. The van der Waals surface area contributed by atoms with Crippen LogP contribution in [0.2, 0.25) is 0 Å². The molecule has 1 saturated heterocycles. The number of nitrogens with zero attached hydrogens (tertiary/aromatic N) is 1. The van der Waals surface area contributed by atoms with Crippen molar-refractivity contribution in [1.29, 1.82) is 0 Å². The van der Waals surface area contributed by atoms with Gasteiger partial charge in [0.25, 0.3) is 0 Å². The van der Waals surface area contributed by atoms with Gasteiger partial charge < -0.3 is 5.73 Å². The first-order valence-electron chi connectivity index (χ1n) is 6.47. The van der Waals surface area contributed by atoms with Crippen molar-refractivity contribution in [3.8, 4) is 0 Å². The Labute approximate surface area is 95.2 Å². The fourth-order valence-electron chi connectivity index (χ4n) is 2.82. The van der Waals surface area contributed by atoms with Gasteiger partial charge in [-0.25, -0.2) is 0 Å². The molecule has 2 atom stereocenters. The van der Waals surface area contributed by atoms with Crippen molar-refractivity contribution >= 4 is 0 Å². The smallest absolute Gasteiger partial charge is 0.0226 e. The van der Waals surface area contributed by atoms with Crippen LogP contribution in [0.4, 0.5) is 0 Å². The summed E-state index contributed by atoms with van der Waals surface area (Å²) in [5.41, 5.74) is 6.08. The molecule has 2 heteroatoms. The number of hydrogen-bond donors (Lipinski definition) is 1. The van der Waals surface area contributed by atoms with Crippen LogP contribution in [-0.2, 0) is 0 Å². The summed E-state index contributed by atoms with van der Waals surface area (Å²) in [7, 11) is 0. The third-order valence-corrected chi connectivity index (χ3v) is 3.43. The van der Waals surface area contributed by atoms with E-state index in [0.29, 0.717) is 0 Å². The van der Waals surface area contributed by atoms with Crippen LogP contribution in [0, 0.1) is 5.92 Å². The molecule has 1 aliphatic rings. The first-order valence-corrected chi connectivity index (χ1v) is 6.47. The number of piperidine rings is 1. The maximum Gasteiger partial charge on any atom is 0.0226 e. The minimum atomic E-state index is -0.0525. The van der Waals surface area contributed by atoms with E-state index in [1.165, 1.54) is 32.2 Å². The molecule has 0 bridgehead atoms. The van der Waals surface area contributed by atoms with Crippen LogP contribution in [-0.4, -0.2) is 29.6 Å². The maximum absolute atomic E-state index is 6.13. The topological polar surface area (TPSA) is 29.3 Å². The molecule has 0 amide bonds. The number of likely N-dealkylation sites (tertiary alicyclic amines) is 1. The van der Waals surface area contributed by atoms with Crippen LogP contribution in [0.5, 0.6) is 0 Å². The SMILES string of the molecule is CCCC1C(C)CCCN1CC(C)(C)N. The van der Waals surface area contributed by atoms with Crippen LogP contribution >= 0.6 is 0 Å². The molecule has 0 aromatic heterocycles.